The summed E-state index contributed by atoms with van der Waals surface area (Å²) in [6.07, 6.45) is 1.63. The van der Waals surface area contributed by atoms with E-state index in [0.717, 1.165) is 25.6 Å². The molecule has 2 unspecified atom stereocenters. The summed E-state index contributed by atoms with van der Waals surface area (Å²) < 4.78 is 5.31. The summed E-state index contributed by atoms with van der Waals surface area (Å²) in [4.78, 5) is 2.51. The molecule has 3 heteroatoms. The van der Waals surface area contributed by atoms with Gasteiger partial charge < -0.3 is 10.1 Å². The van der Waals surface area contributed by atoms with Crippen molar-refractivity contribution in [3.8, 4) is 0 Å². The van der Waals surface area contributed by atoms with Crippen LogP contribution in [0.5, 0.6) is 0 Å². The second kappa shape index (κ2) is 6.46. The molecule has 0 bridgehead atoms. The maximum atomic E-state index is 5.31. The summed E-state index contributed by atoms with van der Waals surface area (Å²) in [6, 6.07) is 0.669. The number of rotatable bonds is 5. The number of ether oxygens (including phenoxy) is 1. The van der Waals surface area contributed by atoms with Gasteiger partial charge in [-0.1, -0.05) is 13.8 Å². The Balaban J connectivity index is 2.28. The van der Waals surface area contributed by atoms with Gasteiger partial charge in [-0.15, -0.1) is 0 Å². The lowest BCUT2D eigenvalue weighted by Gasteiger charge is -2.35. The molecule has 15 heavy (non-hydrogen) atoms. The highest BCUT2D eigenvalue weighted by atomic mass is 16.5. The quantitative estimate of drug-likeness (QED) is 0.747. The summed E-state index contributed by atoms with van der Waals surface area (Å²) in [6.45, 7) is 11.2. The Kier molecular flexibility index (Phi) is 5.58. The molecule has 0 aromatic carbocycles. The molecule has 0 aromatic rings. The highest BCUT2D eigenvalue weighted by Gasteiger charge is 2.20. The number of hydrogen-bond acceptors (Lipinski definition) is 3. The molecule has 1 N–H and O–H groups in total. The van der Waals surface area contributed by atoms with E-state index < -0.39 is 0 Å². The van der Waals surface area contributed by atoms with Gasteiger partial charge in [0.25, 0.3) is 0 Å². The van der Waals surface area contributed by atoms with E-state index in [4.69, 9.17) is 4.74 Å². The van der Waals surface area contributed by atoms with Crippen molar-refractivity contribution in [3.63, 3.8) is 0 Å². The van der Waals surface area contributed by atoms with Crippen molar-refractivity contribution in [2.75, 3.05) is 33.3 Å². The molecule has 1 saturated heterocycles. The molecule has 1 aliphatic rings. The van der Waals surface area contributed by atoms with Crippen molar-refractivity contribution in [2.24, 2.45) is 5.92 Å². The van der Waals surface area contributed by atoms with Crippen LogP contribution in [0.2, 0.25) is 0 Å². The van der Waals surface area contributed by atoms with Gasteiger partial charge in [-0.05, 0) is 19.3 Å². The smallest absolute Gasteiger partial charge is 0.0670 e. The highest BCUT2D eigenvalue weighted by Crippen LogP contribution is 2.10. The first-order valence-corrected chi connectivity index (χ1v) is 6.10. The Morgan fingerprint density at radius 1 is 1.40 bits per heavy atom. The molecule has 1 rings (SSSR count). The SMILES string of the molecule is COC(C)CN1CCNC(CC(C)C)C1. The summed E-state index contributed by atoms with van der Waals surface area (Å²) in [5, 5.41) is 3.59. The first-order valence-electron chi connectivity index (χ1n) is 6.10. The summed E-state index contributed by atoms with van der Waals surface area (Å²) in [5.74, 6) is 0.780. The van der Waals surface area contributed by atoms with Gasteiger partial charge >= 0.3 is 0 Å². The fraction of sp³-hybridized carbons (Fsp3) is 1.00. The minimum atomic E-state index is 0.350. The Labute approximate surface area is 94.2 Å². The lowest BCUT2D eigenvalue weighted by atomic mass is 10.0. The van der Waals surface area contributed by atoms with Crippen LogP contribution >= 0.6 is 0 Å². The van der Waals surface area contributed by atoms with Crippen LogP contribution in [0.15, 0.2) is 0 Å². The maximum Gasteiger partial charge on any atom is 0.0670 e. The highest BCUT2D eigenvalue weighted by molar-refractivity contribution is 4.80. The van der Waals surface area contributed by atoms with E-state index in [1.165, 1.54) is 13.0 Å². The van der Waals surface area contributed by atoms with Crippen molar-refractivity contribution < 1.29 is 4.74 Å². The second-order valence-electron chi connectivity index (χ2n) is 5.09. The molecule has 0 aliphatic carbocycles. The van der Waals surface area contributed by atoms with Crippen molar-refractivity contribution in [1.29, 1.82) is 0 Å². The van der Waals surface area contributed by atoms with Crippen molar-refractivity contribution in [3.05, 3.63) is 0 Å². The van der Waals surface area contributed by atoms with Gasteiger partial charge in [0, 0.05) is 39.3 Å². The molecular weight excluding hydrogens is 188 g/mol. The molecule has 0 aromatic heterocycles. The van der Waals surface area contributed by atoms with Crippen LogP contribution in [-0.2, 0) is 4.74 Å². The van der Waals surface area contributed by atoms with E-state index in [-0.39, 0.29) is 0 Å². The molecule has 2 atom stereocenters. The van der Waals surface area contributed by atoms with Gasteiger partial charge in [-0.2, -0.15) is 0 Å². The van der Waals surface area contributed by atoms with Crippen LogP contribution < -0.4 is 5.32 Å². The average Bonchev–Trinajstić information content (AvgIpc) is 2.17. The summed E-state index contributed by atoms with van der Waals surface area (Å²) in [7, 11) is 1.79. The van der Waals surface area contributed by atoms with Gasteiger partial charge in [0.05, 0.1) is 6.10 Å². The lowest BCUT2D eigenvalue weighted by molar-refractivity contribution is 0.0638. The Morgan fingerprint density at radius 3 is 2.73 bits per heavy atom. The predicted molar refractivity (Wildman–Crippen MR) is 64.2 cm³/mol. The van der Waals surface area contributed by atoms with Crippen LogP contribution in [0.3, 0.4) is 0 Å². The van der Waals surface area contributed by atoms with E-state index in [0.29, 0.717) is 12.1 Å². The van der Waals surface area contributed by atoms with Crippen LogP contribution in [-0.4, -0.2) is 50.3 Å². The normalized spacial score (nSPS) is 25.8. The first-order chi connectivity index (χ1) is 7.11. The van der Waals surface area contributed by atoms with Crippen LogP contribution in [0, 0.1) is 5.92 Å². The van der Waals surface area contributed by atoms with Crippen molar-refractivity contribution in [1.82, 2.24) is 10.2 Å². The Bertz CT molecular complexity index is 173. The third kappa shape index (κ3) is 4.96. The fourth-order valence-corrected chi connectivity index (χ4v) is 2.23. The van der Waals surface area contributed by atoms with Crippen molar-refractivity contribution >= 4 is 0 Å². The van der Waals surface area contributed by atoms with E-state index in [1.54, 1.807) is 7.11 Å². The van der Waals surface area contributed by atoms with Gasteiger partial charge in [0.2, 0.25) is 0 Å². The van der Waals surface area contributed by atoms with Crippen LogP contribution in [0.4, 0.5) is 0 Å². The number of nitrogens with one attached hydrogen (secondary N) is 1. The average molecular weight is 214 g/mol. The minimum absolute atomic E-state index is 0.350. The third-order valence-corrected chi connectivity index (χ3v) is 3.01. The molecule has 1 fully saturated rings. The van der Waals surface area contributed by atoms with E-state index >= 15 is 0 Å². The van der Waals surface area contributed by atoms with E-state index in [1.807, 2.05) is 0 Å². The van der Waals surface area contributed by atoms with Gasteiger partial charge in [-0.3, -0.25) is 4.90 Å². The number of nitrogens with zero attached hydrogens (tertiary/aromatic N) is 1. The zero-order valence-corrected chi connectivity index (χ0v) is 10.6. The summed E-state index contributed by atoms with van der Waals surface area (Å²) >= 11 is 0. The predicted octanol–water partition coefficient (Wildman–Crippen LogP) is 1.34. The molecule has 0 spiro atoms. The molecule has 0 radical (unpaired) electrons. The van der Waals surface area contributed by atoms with Crippen LogP contribution in [0.25, 0.3) is 0 Å². The van der Waals surface area contributed by atoms with E-state index in [2.05, 4.69) is 31.0 Å². The maximum absolute atomic E-state index is 5.31. The standard InChI is InChI=1S/C12H26N2O/c1-10(2)7-12-9-14(6-5-13-12)8-11(3)15-4/h10-13H,5-9H2,1-4H3. The Hall–Kier alpha value is -0.120. The monoisotopic (exact) mass is 214 g/mol. The molecule has 90 valence electrons. The van der Waals surface area contributed by atoms with Gasteiger partial charge in [-0.25, -0.2) is 0 Å². The number of piperazine rings is 1. The number of hydrogen-bond donors (Lipinski definition) is 1. The zero-order valence-electron chi connectivity index (χ0n) is 10.6. The first kappa shape index (κ1) is 12.9. The molecular formula is C12H26N2O. The minimum Gasteiger partial charge on any atom is -0.380 e. The third-order valence-electron chi connectivity index (χ3n) is 3.01. The summed E-state index contributed by atoms with van der Waals surface area (Å²) in [5.41, 5.74) is 0. The topological polar surface area (TPSA) is 24.5 Å². The second-order valence-corrected chi connectivity index (χ2v) is 5.09. The molecule has 1 heterocycles. The molecule has 0 amide bonds. The van der Waals surface area contributed by atoms with E-state index in [9.17, 15) is 0 Å². The van der Waals surface area contributed by atoms with Crippen molar-refractivity contribution in [2.45, 2.75) is 39.3 Å². The van der Waals surface area contributed by atoms with Crippen LogP contribution in [0.1, 0.15) is 27.2 Å². The molecule has 3 nitrogen and oxygen atoms in total. The fourth-order valence-electron chi connectivity index (χ4n) is 2.23. The molecule has 0 saturated carbocycles. The lowest BCUT2D eigenvalue weighted by Crippen LogP contribution is -2.52. The zero-order chi connectivity index (χ0) is 11.3. The largest absolute Gasteiger partial charge is 0.380 e. The van der Waals surface area contributed by atoms with Gasteiger partial charge in [0.15, 0.2) is 0 Å². The Morgan fingerprint density at radius 2 is 2.13 bits per heavy atom. The molecule has 1 aliphatic heterocycles. The van der Waals surface area contributed by atoms with Gasteiger partial charge in [0.1, 0.15) is 0 Å². The number of methoxy groups -OCH3 is 1.